The van der Waals surface area contributed by atoms with E-state index in [0.29, 0.717) is 17.8 Å². The highest BCUT2D eigenvalue weighted by Crippen LogP contribution is 2.49. The third kappa shape index (κ3) is 7.56. The van der Waals surface area contributed by atoms with Gasteiger partial charge in [-0.2, -0.15) is 0 Å². The molecule has 1 aliphatic rings. The fourth-order valence-corrected chi connectivity index (χ4v) is 4.16. The van der Waals surface area contributed by atoms with Crippen LogP contribution in [0.5, 0.6) is 0 Å². The summed E-state index contributed by atoms with van der Waals surface area (Å²) in [6.07, 6.45) is 3.65. The van der Waals surface area contributed by atoms with Gasteiger partial charge in [0.2, 0.25) is 0 Å². The van der Waals surface area contributed by atoms with E-state index in [0.717, 1.165) is 30.3 Å². The standard InChI is InChI=1S/C16H34NO4P/c1-13(2)15-9-8-14(3)12-16(15)21-22(18,19)20-11-7-10-17(4,5)6/h13-16H,7-12H2,1-6H3/p+1. The van der Waals surface area contributed by atoms with Crippen LogP contribution in [-0.4, -0.2) is 49.8 Å². The van der Waals surface area contributed by atoms with Gasteiger partial charge in [0, 0.05) is 6.42 Å². The van der Waals surface area contributed by atoms with Gasteiger partial charge in [-0.1, -0.05) is 27.2 Å². The third-order valence-corrected chi connectivity index (χ3v) is 5.50. The predicted molar refractivity (Wildman–Crippen MR) is 89.5 cm³/mol. The average molecular weight is 336 g/mol. The van der Waals surface area contributed by atoms with Crippen molar-refractivity contribution in [2.24, 2.45) is 17.8 Å². The summed E-state index contributed by atoms with van der Waals surface area (Å²) in [5.41, 5.74) is 0. The molecule has 0 heterocycles. The zero-order valence-corrected chi connectivity index (χ0v) is 16.0. The molecule has 132 valence electrons. The zero-order chi connectivity index (χ0) is 17.0. The Morgan fingerprint density at radius 2 is 1.91 bits per heavy atom. The van der Waals surface area contributed by atoms with E-state index in [1.54, 1.807) is 0 Å². The molecule has 0 saturated heterocycles. The van der Waals surface area contributed by atoms with Crippen molar-refractivity contribution < 1.29 is 23.0 Å². The molecule has 1 aliphatic carbocycles. The minimum absolute atomic E-state index is 0.169. The summed E-state index contributed by atoms with van der Waals surface area (Å²) in [7, 11) is 2.31. The van der Waals surface area contributed by atoms with Gasteiger partial charge in [0.15, 0.2) is 0 Å². The van der Waals surface area contributed by atoms with Crippen molar-refractivity contribution >= 4 is 7.82 Å². The SMILES string of the molecule is CC1CCC(C(C)C)C(OP(=O)(O)OCCC[N+](C)(C)C)C1. The summed E-state index contributed by atoms with van der Waals surface area (Å²) < 4.78 is 23.7. The van der Waals surface area contributed by atoms with Crippen LogP contribution in [0.3, 0.4) is 0 Å². The lowest BCUT2D eigenvalue weighted by Gasteiger charge is -2.37. The van der Waals surface area contributed by atoms with Crippen LogP contribution >= 0.6 is 7.82 Å². The predicted octanol–water partition coefficient (Wildman–Crippen LogP) is 3.68. The number of hydrogen-bond donors (Lipinski definition) is 1. The molecule has 4 unspecified atom stereocenters. The normalized spacial score (nSPS) is 29.5. The van der Waals surface area contributed by atoms with Crippen LogP contribution in [0.4, 0.5) is 0 Å². The molecule has 0 aromatic rings. The van der Waals surface area contributed by atoms with E-state index in [-0.39, 0.29) is 12.7 Å². The Balaban J connectivity index is 2.48. The second-order valence-corrected chi connectivity index (χ2v) is 9.55. The average Bonchev–Trinajstić information content (AvgIpc) is 2.32. The molecule has 0 bridgehead atoms. The van der Waals surface area contributed by atoms with E-state index in [9.17, 15) is 9.46 Å². The molecule has 0 amide bonds. The van der Waals surface area contributed by atoms with Crippen LogP contribution in [-0.2, 0) is 13.6 Å². The summed E-state index contributed by atoms with van der Waals surface area (Å²) in [4.78, 5) is 9.99. The summed E-state index contributed by atoms with van der Waals surface area (Å²) >= 11 is 0. The number of nitrogens with zero attached hydrogens (tertiary/aromatic N) is 1. The largest absolute Gasteiger partial charge is 0.472 e. The van der Waals surface area contributed by atoms with Crippen molar-refractivity contribution in [3.8, 4) is 0 Å². The highest BCUT2D eigenvalue weighted by Gasteiger charge is 2.37. The number of phosphoric acid groups is 1. The molecule has 1 rings (SSSR count). The van der Waals surface area contributed by atoms with E-state index in [4.69, 9.17) is 9.05 Å². The van der Waals surface area contributed by atoms with Crippen molar-refractivity contribution in [1.82, 2.24) is 0 Å². The van der Waals surface area contributed by atoms with Gasteiger partial charge in [-0.3, -0.25) is 9.05 Å². The number of quaternary nitrogens is 1. The highest BCUT2D eigenvalue weighted by atomic mass is 31.2. The van der Waals surface area contributed by atoms with Gasteiger partial charge < -0.3 is 9.38 Å². The minimum atomic E-state index is -3.95. The maximum Gasteiger partial charge on any atom is 0.472 e. The first-order valence-electron chi connectivity index (χ1n) is 8.46. The van der Waals surface area contributed by atoms with Gasteiger partial charge in [0.1, 0.15) is 0 Å². The molecule has 0 aromatic carbocycles. The molecule has 1 saturated carbocycles. The van der Waals surface area contributed by atoms with Crippen LogP contribution in [0.25, 0.3) is 0 Å². The van der Waals surface area contributed by atoms with Crippen LogP contribution in [0.2, 0.25) is 0 Å². The van der Waals surface area contributed by atoms with E-state index < -0.39 is 7.82 Å². The number of rotatable bonds is 8. The Morgan fingerprint density at radius 1 is 1.27 bits per heavy atom. The lowest BCUT2D eigenvalue weighted by atomic mass is 9.75. The molecule has 6 heteroatoms. The molecule has 0 aromatic heterocycles. The monoisotopic (exact) mass is 336 g/mol. The topological polar surface area (TPSA) is 55.8 Å². The van der Waals surface area contributed by atoms with Crippen molar-refractivity contribution in [3.05, 3.63) is 0 Å². The second kappa shape index (κ2) is 8.25. The molecule has 0 aliphatic heterocycles. The van der Waals surface area contributed by atoms with Crippen LogP contribution in [0.1, 0.15) is 46.5 Å². The van der Waals surface area contributed by atoms with E-state index in [1.807, 2.05) is 0 Å². The van der Waals surface area contributed by atoms with Crippen molar-refractivity contribution in [2.75, 3.05) is 34.3 Å². The molecule has 22 heavy (non-hydrogen) atoms. The Morgan fingerprint density at radius 3 is 2.45 bits per heavy atom. The van der Waals surface area contributed by atoms with Crippen LogP contribution in [0, 0.1) is 17.8 Å². The van der Waals surface area contributed by atoms with E-state index >= 15 is 0 Å². The molecule has 0 spiro atoms. The maximum absolute atomic E-state index is 12.2. The van der Waals surface area contributed by atoms with Gasteiger partial charge in [-0.25, -0.2) is 4.57 Å². The van der Waals surface area contributed by atoms with Gasteiger partial charge >= 0.3 is 7.82 Å². The molecule has 4 atom stereocenters. The fourth-order valence-electron chi connectivity index (χ4n) is 3.16. The first kappa shape index (κ1) is 20.1. The third-order valence-electron chi connectivity index (χ3n) is 4.46. The van der Waals surface area contributed by atoms with Crippen molar-refractivity contribution in [2.45, 2.75) is 52.6 Å². The first-order chi connectivity index (χ1) is 10.0. The number of phosphoric ester groups is 1. The zero-order valence-electron chi connectivity index (χ0n) is 15.1. The van der Waals surface area contributed by atoms with E-state index in [2.05, 4.69) is 41.9 Å². The summed E-state index contributed by atoms with van der Waals surface area (Å²) in [6, 6.07) is 0. The quantitative estimate of drug-likeness (QED) is 0.417. The summed E-state index contributed by atoms with van der Waals surface area (Å²) in [5.74, 6) is 1.33. The van der Waals surface area contributed by atoms with Crippen molar-refractivity contribution in [1.29, 1.82) is 0 Å². The van der Waals surface area contributed by atoms with Gasteiger partial charge in [0.25, 0.3) is 0 Å². The van der Waals surface area contributed by atoms with Crippen LogP contribution < -0.4 is 0 Å². The minimum Gasteiger partial charge on any atom is -0.331 e. The molecule has 1 fully saturated rings. The fraction of sp³-hybridized carbons (Fsp3) is 1.00. The Hall–Kier alpha value is 0.0700. The smallest absolute Gasteiger partial charge is 0.331 e. The second-order valence-electron chi connectivity index (χ2n) is 8.14. The molecular weight excluding hydrogens is 301 g/mol. The van der Waals surface area contributed by atoms with Crippen molar-refractivity contribution in [3.63, 3.8) is 0 Å². The molecule has 5 nitrogen and oxygen atoms in total. The molecular formula is C16H35NO4P+. The molecule has 0 radical (unpaired) electrons. The summed E-state index contributed by atoms with van der Waals surface area (Å²) in [5, 5.41) is 0. The van der Waals surface area contributed by atoms with E-state index in [1.165, 1.54) is 6.42 Å². The highest BCUT2D eigenvalue weighted by molar-refractivity contribution is 7.47. The van der Waals surface area contributed by atoms with Crippen LogP contribution in [0.15, 0.2) is 0 Å². The maximum atomic E-state index is 12.2. The summed E-state index contributed by atoms with van der Waals surface area (Å²) in [6.45, 7) is 7.65. The van der Waals surface area contributed by atoms with Gasteiger partial charge in [0.05, 0.1) is 40.4 Å². The Kier molecular flexibility index (Phi) is 7.55. The first-order valence-corrected chi connectivity index (χ1v) is 9.96. The molecule has 1 N–H and O–H groups in total. The lowest BCUT2D eigenvalue weighted by molar-refractivity contribution is -0.870. The Labute approximate surface area is 136 Å². The van der Waals surface area contributed by atoms with Gasteiger partial charge in [-0.15, -0.1) is 0 Å². The Bertz CT molecular complexity index is 381. The number of hydrogen-bond acceptors (Lipinski definition) is 3. The lowest BCUT2D eigenvalue weighted by Crippen LogP contribution is -2.36. The van der Waals surface area contributed by atoms with Gasteiger partial charge in [-0.05, 0) is 30.6 Å².